The average molecular weight is 365 g/mol. The summed E-state index contributed by atoms with van der Waals surface area (Å²) in [7, 11) is 0. The zero-order chi connectivity index (χ0) is 18.6. The SMILES string of the molecule is CCCCCNc1ccc(C2=NNC(C)Cc3cc4c(cc32)OCO4)cc1. The highest BCUT2D eigenvalue weighted by Crippen LogP contribution is 2.36. The summed E-state index contributed by atoms with van der Waals surface area (Å²) in [6, 6.07) is 12.9. The lowest BCUT2D eigenvalue weighted by Gasteiger charge is -2.12. The molecule has 0 saturated carbocycles. The van der Waals surface area contributed by atoms with Gasteiger partial charge in [-0.3, -0.25) is 0 Å². The summed E-state index contributed by atoms with van der Waals surface area (Å²) in [6.07, 6.45) is 4.60. The van der Waals surface area contributed by atoms with Crippen molar-refractivity contribution in [2.75, 3.05) is 18.7 Å². The molecule has 2 N–H and O–H groups in total. The quantitative estimate of drug-likeness (QED) is 0.749. The molecule has 0 aromatic heterocycles. The third kappa shape index (κ3) is 3.87. The van der Waals surface area contributed by atoms with Crippen LogP contribution in [0.25, 0.3) is 0 Å². The van der Waals surface area contributed by atoms with E-state index in [4.69, 9.17) is 14.6 Å². The van der Waals surface area contributed by atoms with Gasteiger partial charge in [0.2, 0.25) is 6.79 Å². The van der Waals surface area contributed by atoms with Crippen LogP contribution in [0.4, 0.5) is 5.69 Å². The van der Waals surface area contributed by atoms with Crippen LogP contribution in [-0.2, 0) is 6.42 Å². The highest BCUT2D eigenvalue weighted by Gasteiger charge is 2.23. The zero-order valence-corrected chi connectivity index (χ0v) is 16.0. The van der Waals surface area contributed by atoms with Crippen LogP contribution < -0.4 is 20.2 Å². The van der Waals surface area contributed by atoms with E-state index in [1.165, 1.54) is 24.8 Å². The maximum Gasteiger partial charge on any atom is 0.231 e. The molecule has 5 nitrogen and oxygen atoms in total. The third-order valence-corrected chi connectivity index (χ3v) is 5.04. The van der Waals surface area contributed by atoms with Gasteiger partial charge in [0.1, 0.15) is 0 Å². The molecule has 2 aromatic carbocycles. The minimum atomic E-state index is 0.265. The second-order valence-electron chi connectivity index (χ2n) is 7.27. The Morgan fingerprint density at radius 2 is 1.89 bits per heavy atom. The van der Waals surface area contributed by atoms with Crippen molar-refractivity contribution in [3.05, 3.63) is 53.1 Å². The molecule has 1 unspecified atom stereocenters. The fourth-order valence-corrected chi connectivity index (χ4v) is 3.56. The second-order valence-corrected chi connectivity index (χ2v) is 7.27. The lowest BCUT2D eigenvalue weighted by molar-refractivity contribution is 0.174. The summed E-state index contributed by atoms with van der Waals surface area (Å²) in [5.41, 5.74) is 8.81. The maximum atomic E-state index is 5.59. The summed E-state index contributed by atoms with van der Waals surface area (Å²) in [4.78, 5) is 0. The van der Waals surface area contributed by atoms with E-state index in [1.54, 1.807) is 0 Å². The maximum absolute atomic E-state index is 5.59. The summed E-state index contributed by atoms with van der Waals surface area (Å²) in [6.45, 7) is 5.67. The number of rotatable bonds is 6. The van der Waals surface area contributed by atoms with E-state index < -0.39 is 0 Å². The van der Waals surface area contributed by atoms with Crippen LogP contribution in [0.15, 0.2) is 41.5 Å². The van der Waals surface area contributed by atoms with Gasteiger partial charge in [0, 0.05) is 29.4 Å². The van der Waals surface area contributed by atoms with E-state index in [0.717, 1.165) is 47.0 Å². The molecule has 0 amide bonds. The number of hydrogen-bond acceptors (Lipinski definition) is 5. The summed E-state index contributed by atoms with van der Waals surface area (Å²) in [5.74, 6) is 1.62. The minimum Gasteiger partial charge on any atom is -0.454 e. The molecule has 0 fully saturated rings. The second kappa shape index (κ2) is 7.91. The first kappa shape index (κ1) is 17.7. The lowest BCUT2D eigenvalue weighted by Crippen LogP contribution is -2.21. The van der Waals surface area contributed by atoms with Crippen molar-refractivity contribution in [2.45, 2.75) is 45.6 Å². The molecule has 0 saturated heterocycles. The van der Waals surface area contributed by atoms with E-state index in [2.05, 4.69) is 61.0 Å². The molecule has 0 aliphatic carbocycles. The molecule has 1 atom stereocenters. The van der Waals surface area contributed by atoms with Gasteiger partial charge in [0.25, 0.3) is 0 Å². The third-order valence-electron chi connectivity index (χ3n) is 5.04. The van der Waals surface area contributed by atoms with Crippen LogP contribution in [-0.4, -0.2) is 25.1 Å². The summed E-state index contributed by atoms with van der Waals surface area (Å²) >= 11 is 0. The Labute approximate surface area is 160 Å². The molecule has 5 heteroatoms. The van der Waals surface area contributed by atoms with E-state index in [0.29, 0.717) is 0 Å². The van der Waals surface area contributed by atoms with Crippen molar-refractivity contribution in [3.8, 4) is 11.5 Å². The van der Waals surface area contributed by atoms with Gasteiger partial charge in [-0.05, 0) is 49.6 Å². The Morgan fingerprint density at radius 1 is 1.11 bits per heavy atom. The molecule has 0 spiro atoms. The van der Waals surface area contributed by atoms with Crippen LogP contribution in [0.1, 0.15) is 49.8 Å². The van der Waals surface area contributed by atoms with E-state index in [-0.39, 0.29) is 12.8 Å². The number of nitrogens with zero attached hydrogens (tertiary/aromatic N) is 1. The normalized spacial score (nSPS) is 17.6. The number of hydrogen-bond donors (Lipinski definition) is 2. The monoisotopic (exact) mass is 365 g/mol. The predicted molar refractivity (Wildman–Crippen MR) is 109 cm³/mol. The standard InChI is InChI=1S/C22H27N3O2/c1-3-4-5-10-23-18-8-6-16(7-9-18)22-19-13-21-20(26-14-27-21)12-17(19)11-15(2)24-25-22/h6-9,12-13,15,23-24H,3-5,10-11,14H2,1-2H3. The number of hydrazone groups is 1. The Morgan fingerprint density at radius 3 is 2.67 bits per heavy atom. The summed E-state index contributed by atoms with van der Waals surface area (Å²) in [5, 5.41) is 8.20. The smallest absolute Gasteiger partial charge is 0.231 e. The van der Waals surface area contributed by atoms with Crippen molar-refractivity contribution in [1.82, 2.24) is 5.43 Å². The van der Waals surface area contributed by atoms with Gasteiger partial charge in [-0.15, -0.1) is 0 Å². The van der Waals surface area contributed by atoms with Gasteiger partial charge in [-0.25, -0.2) is 0 Å². The fraction of sp³-hybridized carbons (Fsp3) is 0.409. The fourth-order valence-electron chi connectivity index (χ4n) is 3.56. The molecular formula is C22H27N3O2. The highest BCUT2D eigenvalue weighted by molar-refractivity contribution is 6.14. The topological polar surface area (TPSA) is 54.9 Å². The predicted octanol–water partition coefficient (Wildman–Crippen LogP) is 4.30. The Balaban J connectivity index is 1.60. The largest absolute Gasteiger partial charge is 0.454 e. The van der Waals surface area contributed by atoms with Gasteiger partial charge in [-0.2, -0.15) is 5.10 Å². The van der Waals surface area contributed by atoms with Crippen LogP contribution in [0.2, 0.25) is 0 Å². The van der Waals surface area contributed by atoms with Crippen molar-refractivity contribution in [2.24, 2.45) is 5.10 Å². The van der Waals surface area contributed by atoms with E-state index in [1.807, 2.05) is 0 Å². The van der Waals surface area contributed by atoms with Gasteiger partial charge in [0.05, 0.1) is 5.71 Å². The number of benzene rings is 2. The average Bonchev–Trinajstić information content (AvgIpc) is 3.07. The number of nitrogens with one attached hydrogen (secondary N) is 2. The molecular weight excluding hydrogens is 338 g/mol. The lowest BCUT2D eigenvalue weighted by atomic mass is 9.94. The Bertz CT molecular complexity index is 830. The molecule has 2 aliphatic heterocycles. The number of anilines is 1. The first-order valence-electron chi connectivity index (χ1n) is 9.85. The van der Waals surface area contributed by atoms with Crippen LogP contribution >= 0.6 is 0 Å². The van der Waals surface area contributed by atoms with Gasteiger partial charge >= 0.3 is 0 Å². The van der Waals surface area contributed by atoms with Gasteiger partial charge in [0.15, 0.2) is 11.5 Å². The van der Waals surface area contributed by atoms with Crippen LogP contribution in [0, 0.1) is 0 Å². The first-order chi connectivity index (χ1) is 13.2. The van der Waals surface area contributed by atoms with Crippen LogP contribution in [0.5, 0.6) is 11.5 Å². The van der Waals surface area contributed by atoms with Crippen molar-refractivity contribution in [1.29, 1.82) is 0 Å². The summed E-state index contributed by atoms with van der Waals surface area (Å²) < 4.78 is 11.2. The molecule has 0 bridgehead atoms. The van der Waals surface area contributed by atoms with Crippen LogP contribution in [0.3, 0.4) is 0 Å². The number of unbranched alkanes of at least 4 members (excludes halogenated alkanes) is 2. The van der Waals surface area contributed by atoms with E-state index in [9.17, 15) is 0 Å². The molecule has 142 valence electrons. The molecule has 2 aliphatic rings. The molecule has 27 heavy (non-hydrogen) atoms. The Kier molecular flexibility index (Phi) is 5.19. The van der Waals surface area contributed by atoms with Crippen molar-refractivity contribution in [3.63, 3.8) is 0 Å². The van der Waals surface area contributed by atoms with Gasteiger partial charge < -0.3 is 20.2 Å². The molecule has 0 radical (unpaired) electrons. The molecule has 2 heterocycles. The number of ether oxygens (including phenoxy) is 2. The van der Waals surface area contributed by atoms with Crippen molar-refractivity contribution >= 4 is 11.4 Å². The van der Waals surface area contributed by atoms with Gasteiger partial charge in [-0.1, -0.05) is 31.9 Å². The first-order valence-corrected chi connectivity index (χ1v) is 9.85. The molecule has 4 rings (SSSR count). The minimum absolute atomic E-state index is 0.265. The van der Waals surface area contributed by atoms with E-state index >= 15 is 0 Å². The van der Waals surface area contributed by atoms with Crippen molar-refractivity contribution < 1.29 is 9.47 Å². The highest BCUT2D eigenvalue weighted by atomic mass is 16.7. The molecule has 2 aromatic rings. The number of fused-ring (bicyclic) bond motifs is 2. The zero-order valence-electron chi connectivity index (χ0n) is 16.0. The Hall–Kier alpha value is -2.69.